The van der Waals surface area contributed by atoms with Crippen LogP contribution in [0.3, 0.4) is 0 Å². The molecule has 1 aliphatic rings. The number of amides is 1. The molecule has 182 valence electrons. The molecule has 5 rings (SSSR count). The molecule has 1 N–H and O–H groups in total. The Balaban J connectivity index is 1.52. The van der Waals surface area contributed by atoms with Gasteiger partial charge in [-0.15, -0.1) is 0 Å². The highest BCUT2D eigenvalue weighted by Crippen LogP contribution is 2.25. The average molecular weight is 479 g/mol. The van der Waals surface area contributed by atoms with Crippen LogP contribution in [0.5, 0.6) is 0 Å². The molecule has 12 nitrogen and oxygen atoms in total. The van der Waals surface area contributed by atoms with Crippen LogP contribution in [0, 0.1) is 0 Å². The van der Waals surface area contributed by atoms with Crippen molar-refractivity contribution in [2.45, 2.75) is 32.9 Å². The first kappa shape index (κ1) is 22.6. The van der Waals surface area contributed by atoms with E-state index in [1.54, 1.807) is 15.8 Å². The van der Waals surface area contributed by atoms with Gasteiger partial charge in [-0.3, -0.25) is 4.79 Å². The molecule has 4 heterocycles. The van der Waals surface area contributed by atoms with E-state index < -0.39 is 11.6 Å². The van der Waals surface area contributed by atoms with E-state index in [9.17, 15) is 14.7 Å². The van der Waals surface area contributed by atoms with Gasteiger partial charge < -0.3 is 24.2 Å². The first-order valence-corrected chi connectivity index (χ1v) is 11.3. The van der Waals surface area contributed by atoms with Gasteiger partial charge in [-0.25, -0.2) is 14.5 Å². The second-order valence-corrected chi connectivity index (χ2v) is 9.36. The van der Waals surface area contributed by atoms with E-state index in [2.05, 4.69) is 15.1 Å². The molecule has 0 unspecified atom stereocenters. The summed E-state index contributed by atoms with van der Waals surface area (Å²) in [7, 11) is 0. The van der Waals surface area contributed by atoms with E-state index in [0.717, 1.165) is 10.9 Å². The topological polar surface area (TPSA) is 132 Å². The fourth-order valence-corrected chi connectivity index (χ4v) is 4.02. The lowest BCUT2D eigenvalue weighted by Crippen LogP contribution is -2.50. The number of anilines is 1. The minimum absolute atomic E-state index is 0.279. The van der Waals surface area contributed by atoms with Crippen LogP contribution in [0.4, 0.5) is 10.7 Å². The summed E-state index contributed by atoms with van der Waals surface area (Å²) in [6.45, 7) is 7.13. The van der Waals surface area contributed by atoms with Crippen molar-refractivity contribution < 1.29 is 19.4 Å². The number of para-hydroxylation sites is 1. The number of rotatable bonds is 4. The number of hydrogen-bond acceptors (Lipinski definition) is 8. The molecule has 35 heavy (non-hydrogen) atoms. The van der Waals surface area contributed by atoms with Crippen molar-refractivity contribution in [3.05, 3.63) is 36.8 Å². The second-order valence-electron chi connectivity index (χ2n) is 9.36. The Labute approximate surface area is 200 Å². The zero-order valence-electron chi connectivity index (χ0n) is 19.7. The second kappa shape index (κ2) is 8.53. The van der Waals surface area contributed by atoms with Gasteiger partial charge in [-0.05, 0) is 26.8 Å². The molecular weight excluding hydrogens is 452 g/mol. The average Bonchev–Trinajstić information content (AvgIpc) is 3.41. The molecule has 1 fully saturated rings. The van der Waals surface area contributed by atoms with E-state index in [-0.39, 0.29) is 12.6 Å². The largest absolute Gasteiger partial charge is 0.480 e. The number of imidazole rings is 1. The number of ether oxygens (including phenoxy) is 1. The van der Waals surface area contributed by atoms with Gasteiger partial charge in [0.05, 0.1) is 18.0 Å². The number of aliphatic carboxylic acids is 1. The third kappa shape index (κ3) is 4.46. The molecule has 0 atom stereocenters. The molecule has 0 bridgehead atoms. The van der Waals surface area contributed by atoms with Crippen LogP contribution in [0.2, 0.25) is 0 Å². The van der Waals surface area contributed by atoms with Gasteiger partial charge in [-0.1, -0.05) is 18.2 Å². The predicted molar refractivity (Wildman–Crippen MR) is 128 cm³/mol. The van der Waals surface area contributed by atoms with Crippen molar-refractivity contribution in [1.29, 1.82) is 0 Å². The van der Waals surface area contributed by atoms with Crippen LogP contribution >= 0.6 is 0 Å². The lowest BCUT2D eigenvalue weighted by Gasteiger charge is -2.35. The van der Waals surface area contributed by atoms with E-state index in [4.69, 9.17) is 9.72 Å². The number of carboxylic acid groups (broad SMARTS) is 1. The first-order chi connectivity index (χ1) is 16.7. The third-order valence-electron chi connectivity index (χ3n) is 5.63. The SMILES string of the molecule is CC(C)(C)OC(=O)N1CCN(c2nc(-n3ncc4ccccc43)c3ncn(CC(=O)O)c3n2)CC1. The van der Waals surface area contributed by atoms with Crippen LogP contribution in [0.15, 0.2) is 36.8 Å². The van der Waals surface area contributed by atoms with Crippen LogP contribution in [-0.4, -0.2) is 83.1 Å². The summed E-state index contributed by atoms with van der Waals surface area (Å²) in [6.07, 6.45) is 2.85. The molecule has 1 amide bonds. The maximum Gasteiger partial charge on any atom is 0.410 e. The molecule has 4 aromatic rings. The van der Waals surface area contributed by atoms with Crippen molar-refractivity contribution in [2.24, 2.45) is 0 Å². The molecule has 1 aromatic carbocycles. The highest BCUT2D eigenvalue weighted by molar-refractivity contribution is 5.86. The number of nitrogens with zero attached hydrogens (tertiary/aromatic N) is 8. The summed E-state index contributed by atoms with van der Waals surface area (Å²) in [5, 5.41) is 14.8. The van der Waals surface area contributed by atoms with Crippen LogP contribution in [0.25, 0.3) is 27.9 Å². The Morgan fingerprint density at radius 1 is 1.09 bits per heavy atom. The van der Waals surface area contributed by atoms with E-state index in [0.29, 0.717) is 49.1 Å². The quantitative estimate of drug-likeness (QED) is 0.469. The van der Waals surface area contributed by atoms with Gasteiger partial charge >= 0.3 is 12.1 Å². The number of aromatic nitrogens is 6. The number of benzene rings is 1. The minimum atomic E-state index is -0.999. The lowest BCUT2D eigenvalue weighted by atomic mass is 10.2. The smallest absolute Gasteiger partial charge is 0.410 e. The molecular formula is C23H26N8O4. The highest BCUT2D eigenvalue weighted by Gasteiger charge is 2.28. The summed E-state index contributed by atoms with van der Waals surface area (Å²) in [6, 6.07) is 7.74. The summed E-state index contributed by atoms with van der Waals surface area (Å²) < 4.78 is 8.66. The number of piperazine rings is 1. The van der Waals surface area contributed by atoms with E-state index >= 15 is 0 Å². The molecule has 0 radical (unpaired) electrons. The van der Waals surface area contributed by atoms with Crippen molar-refractivity contribution in [3.8, 4) is 5.82 Å². The Bertz CT molecular complexity index is 1410. The predicted octanol–water partition coefficient (Wildman–Crippen LogP) is 2.31. The fourth-order valence-electron chi connectivity index (χ4n) is 4.02. The Morgan fingerprint density at radius 2 is 1.83 bits per heavy atom. The van der Waals surface area contributed by atoms with Gasteiger partial charge in [0.25, 0.3) is 0 Å². The zero-order valence-corrected chi connectivity index (χ0v) is 19.7. The maximum atomic E-state index is 12.5. The zero-order chi connectivity index (χ0) is 24.7. The van der Waals surface area contributed by atoms with Crippen LogP contribution in [0.1, 0.15) is 20.8 Å². The van der Waals surface area contributed by atoms with Crippen molar-refractivity contribution in [2.75, 3.05) is 31.1 Å². The Hall–Kier alpha value is -4.22. The molecule has 1 aliphatic heterocycles. The van der Waals surface area contributed by atoms with Crippen molar-refractivity contribution >= 4 is 40.1 Å². The third-order valence-corrected chi connectivity index (χ3v) is 5.63. The molecule has 12 heteroatoms. The molecule has 0 aliphatic carbocycles. The minimum Gasteiger partial charge on any atom is -0.480 e. The molecule has 0 spiro atoms. The molecule has 0 saturated carbocycles. The number of carbonyl (C=O) groups excluding carboxylic acids is 1. The monoisotopic (exact) mass is 478 g/mol. The lowest BCUT2D eigenvalue weighted by molar-refractivity contribution is -0.137. The Morgan fingerprint density at radius 3 is 2.54 bits per heavy atom. The number of carbonyl (C=O) groups is 2. The van der Waals surface area contributed by atoms with Crippen LogP contribution in [-0.2, 0) is 16.1 Å². The highest BCUT2D eigenvalue weighted by atomic mass is 16.6. The number of carboxylic acids is 1. The van der Waals surface area contributed by atoms with Crippen molar-refractivity contribution in [3.63, 3.8) is 0 Å². The standard InChI is InChI=1S/C23H26N8O4/c1-23(2,3)35-22(34)29-10-8-28(9-11-29)21-26-19-18(24-14-30(19)13-17(32)33)20(27-21)31-16-7-5-4-6-15(16)12-25-31/h4-7,12,14H,8-11,13H2,1-3H3,(H,32,33). The van der Waals surface area contributed by atoms with Gasteiger partial charge in [0.2, 0.25) is 5.95 Å². The normalized spacial score (nSPS) is 14.6. The summed E-state index contributed by atoms with van der Waals surface area (Å²) in [5.41, 5.74) is 1.14. The van der Waals surface area contributed by atoms with Crippen LogP contribution < -0.4 is 4.90 Å². The summed E-state index contributed by atoms with van der Waals surface area (Å²) in [5.74, 6) is -0.116. The van der Waals surface area contributed by atoms with Gasteiger partial charge in [-0.2, -0.15) is 15.1 Å². The van der Waals surface area contributed by atoms with Crippen molar-refractivity contribution in [1.82, 2.24) is 34.2 Å². The van der Waals surface area contributed by atoms with Gasteiger partial charge in [0.1, 0.15) is 12.1 Å². The molecule has 1 saturated heterocycles. The van der Waals surface area contributed by atoms with Gasteiger partial charge in [0.15, 0.2) is 17.0 Å². The number of hydrogen-bond donors (Lipinski definition) is 1. The summed E-state index contributed by atoms with van der Waals surface area (Å²) in [4.78, 5) is 41.4. The van der Waals surface area contributed by atoms with E-state index in [1.165, 1.54) is 10.9 Å². The van der Waals surface area contributed by atoms with Gasteiger partial charge in [0, 0.05) is 31.6 Å². The summed E-state index contributed by atoms with van der Waals surface area (Å²) >= 11 is 0. The fraction of sp³-hybridized carbons (Fsp3) is 0.391. The Kier molecular flexibility index (Phi) is 5.50. The molecule has 3 aromatic heterocycles. The van der Waals surface area contributed by atoms with E-state index in [1.807, 2.05) is 49.9 Å². The first-order valence-electron chi connectivity index (χ1n) is 11.3. The number of fused-ring (bicyclic) bond motifs is 2. The maximum absolute atomic E-state index is 12.5.